The van der Waals surface area contributed by atoms with Crippen LogP contribution >= 0.6 is 21.6 Å². The summed E-state index contributed by atoms with van der Waals surface area (Å²) in [6.45, 7) is 0. The van der Waals surface area contributed by atoms with Gasteiger partial charge in [0, 0.05) is 0 Å². The van der Waals surface area contributed by atoms with Crippen LogP contribution in [-0.2, 0) is 0 Å². The van der Waals surface area contributed by atoms with Gasteiger partial charge in [-0.25, -0.2) is 0 Å². The minimum Gasteiger partial charge on any atom is -0.0785 e. The zero-order chi connectivity index (χ0) is 3.54. The largest absolute Gasteiger partial charge is 0.0785 e. The minimum absolute atomic E-state index is 1.02. The quantitative estimate of drug-likeness (QED) is 0.334. The molecular weight excluding hydrogens is 100 g/mol. The summed E-state index contributed by atoms with van der Waals surface area (Å²) in [5.41, 5.74) is 0. The molecule has 0 aromatic rings. The van der Waals surface area contributed by atoms with Gasteiger partial charge in [-0.2, -0.15) is 0 Å². The van der Waals surface area contributed by atoms with Gasteiger partial charge < -0.3 is 0 Å². The van der Waals surface area contributed by atoms with Gasteiger partial charge in [0.05, 0.1) is 5.75 Å². The van der Waals surface area contributed by atoms with Crippen molar-refractivity contribution in [3.8, 4) is 11.2 Å². The van der Waals surface area contributed by atoms with Crippen LogP contribution in [0.2, 0.25) is 0 Å². The molecule has 0 nitrogen and oxygen atoms in total. The molecule has 0 radical (unpaired) electrons. The molecular formula is C3H2S2. The van der Waals surface area contributed by atoms with Crippen LogP contribution in [0.1, 0.15) is 0 Å². The average Bonchev–Trinajstić information content (AvgIpc) is 1.76. The van der Waals surface area contributed by atoms with E-state index in [2.05, 4.69) is 11.2 Å². The number of hydrogen-bond acceptors (Lipinski definition) is 2. The zero-order valence-corrected chi connectivity index (χ0v) is 4.16. The van der Waals surface area contributed by atoms with Crippen LogP contribution < -0.4 is 0 Å². The van der Waals surface area contributed by atoms with E-state index >= 15 is 0 Å². The highest BCUT2D eigenvalue weighted by Crippen LogP contribution is 2.22. The lowest BCUT2D eigenvalue weighted by Gasteiger charge is -1.67. The van der Waals surface area contributed by atoms with Crippen molar-refractivity contribution in [3.05, 3.63) is 0 Å². The second-order valence-electron chi connectivity index (χ2n) is 0.624. The van der Waals surface area contributed by atoms with Crippen molar-refractivity contribution in [3.63, 3.8) is 0 Å². The first-order valence-corrected chi connectivity index (χ1v) is 3.58. The molecule has 26 valence electrons. The SMILES string of the molecule is C1#CSSC1. The Bertz CT molecular complexity index is 68.6. The van der Waals surface area contributed by atoms with E-state index in [9.17, 15) is 0 Å². The highest BCUT2D eigenvalue weighted by molar-refractivity contribution is 8.79. The molecule has 0 spiro atoms. The van der Waals surface area contributed by atoms with E-state index in [4.69, 9.17) is 0 Å². The molecule has 0 atom stereocenters. The maximum Gasteiger partial charge on any atom is 0.0669 e. The molecule has 0 unspecified atom stereocenters. The van der Waals surface area contributed by atoms with E-state index in [1.54, 1.807) is 21.6 Å². The van der Waals surface area contributed by atoms with Crippen LogP contribution in [0.25, 0.3) is 0 Å². The van der Waals surface area contributed by atoms with Crippen molar-refractivity contribution in [1.29, 1.82) is 0 Å². The van der Waals surface area contributed by atoms with Crippen molar-refractivity contribution in [2.75, 3.05) is 5.75 Å². The topological polar surface area (TPSA) is 0 Å². The fourth-order valence-corrected chi connectivity index (χ4v) is 1.33. The fourth-order valence-electron chi connectivity index (χ4n) is 0.147. The molecule has 0 aromatic heterocycles. The molecule has 5 heavy (non-hydrogen) atoms. The third-order valence-electron chi connectivity index (χ3n) is 0.304. The van der Waals surface area contributed by atoms with Crippen LogP contribution in [0.5, 0.6) is 0 Å². The van der Waals surface area contributed by atoms with Crippen molar-refractivity contribution in [2.45, 2.75) is 0 Å². The molecule has 2 heteroatoms. The summed E-state index contributed by atoms with van der Waals surface area (Å²) >= 11 is 0. The van der Waals surface area contributed by atoms with Crippen molar-refractivity contribution < 1.29 is 0 Å². The van der Waals surface area contributed by atoms with Gasteiger partial charge in [0.2, 0.25) is 0 Å². The Morgan fingerprint density at radius 3 is 2.80 bits per heavy atom. The van der Waals surface area contributed by atoms with Gasteiger partial charge in [-0.1, -0.05) is 16.7 Å². The van der Waals surface area contributed by atoms with Crippen molar-refractivity contribution in [2.24, 2.45) is 0 Å². The second-order valence-corrected chi connectivity index (χ2v) is 2.73. The Balaban J connectivity index is 2.42. The van der Waals surface area contributed by atoms with Crippen LogP contribution in [0.15, 0.2) is 0 Å². The van der Waals surface area contributed by atoms with Gasteiger partial charge in [0.1, 0.15) is 0 Å². The Labute approximate surface area is 39.1 Å². The molecule has 1 heterocycles. The standard InChI is InChI=1S/C3H2S2/c1-2-4-5-3-1/h2H2. The first-order valence-electron chi connectivity index (χ1n) is 1.26. The fraction of sp³-hybridized carbons (Fsp3) is 0.333. The lowest BCUT2D eigenvalue weighted by Crippen LogP contribution is -1.49. The first kappa shape index (κ1) is 3.45. The van der Waals surface area contributed by atoms with E-state index in [0.29, 0.717) is 0 Å². The smallest absolute Gasteiger partial charge is 0.0669 e. The van der Waals surface area contributed by atoms with Gasteiger partial charge >= 0.3 is 0 Å². The molecule has 0 amide bonds. The van der Waals surface area contributed by atoms with E-state index in [0.717, 1.165) is 5.75 Å². The predicted octanol–water partition coefficient (Wildman–Crippen LogP) is 1.34. The Morgan fingerprint density at radius 2 is 2.60 bits per heavy atom. The Morgan fingerprint density at radius 1 is 1.60 bits per heavy atom. The molecule has 0 aliphatic carbocycles. The summed E-state index contributed by atoms with van der Waals surface area (Å²) in [4.78, 5) is 0. The van der Waals surface area contributed by atoms with Gasteiger partial charge in [-0.05, 0) is 16.0 Å². The van der Waals surface area contributed by atoms with Crippen LogP contribution in [-0.4, -0.2) is 5.75 Å². The Hall–Kier alpha value is 0.260. The maximum absolute atomic E-state index is 2.90. The zero-order valence-electron chi connectivity index (χ0n) is 2.52. The summed E-state index contributed by atoms with van der Waals surface area (Å²) in [6, 6.07) is 0. The summed E-state index contributed by atoms with van der Waals surface area (Å²) in [6.07, 6.45) is 0. The van der Waals surface area contributed by atoms with Gasteiger partial charge in [0.15, 0.2) is 0 Å². The van der Waals surface area contributed by atoms with E-state index in [-0.39, 0.29) is 0 Å². The monoisotopic (exact) mass is 102 g/mol. The summed E-state index contributed by atoms with van der Waals surface area (Å²) < 4.78 is 0. The third kappa shape index (κ3) is 0.786. The van der Waals surface area contributed by atoms with Gasteiger partial charge in [0.25, 0.3) is 0 Å². The molecule has 0 saturated carbocycles. The minimum atomic E-state index is 1.02. The summed E-state index contributed by atoms with van der Waals surface area (Å²) in [5.74, 6) is 3.92. The summed E-state index contributed by atoms with van der Waals surface area (Å²) in [7, 11) is 3.40. The predicted molar refractivity (Wildman–Crippen MR) is 27.8 cm³/mol. The number of rotatable bonds is 0. The second kappa shape index (κ2) is 1.64. The van der Waals surface area contributed by atoms with Gasteiger partial charge in [-0.3, -0.25) is 0 Å². The molecule has 0 fully saturated rings. The highest BCUT2D eigenvalue weighted by Gasteiger charge is 1.84. The molecule has 0 saturated heterocycles. The van der Waals surface area contributed by atoms with E-state index in [1.807, 2.05) is 0 Å². The van der Waals surface area contributed by atoms with Crippen LogP contribution in [0, 0.1) is 11.2 Å². The number of hydrogen-bond donors (Lipinski definition) is 0. The lowest BCUT2D eigenvalue weighted by molar-refractivity contribution is 1.99. The molecule has 1 aliphatic heterocycles. The van der Waals surface area contributed by atoms with Crippen molar-refractivity contribution >= 4 is 21.6 Å². The third-order valence-corrected chi connectivity index (χ3v) is 1.87. The molecule has 1 rings (SSSR count). The average molecular weight is 102 g/mol. The molecule has 0 bridgehead atoms. The van der Waals surface area contributed by atoms with Gasteiger partial charge in [-0.15, -0.1) is 0 Å². The summed E-state index contributed by atoms with van der Waals surface area (Å²) in [5, 5.41) is 2.85. The highest BCUT2D eigenvalue weighted by atomic mass is 33.1. The lowest BCUT2D eigenvalue weighted by atomic mass is 10.8. The van der Waals surface area contributed by atoms with E-state index in [1.165, 1.54) is 0 Å². The van der Waals surface area contributed by atoms with Crippen LogP contribution in [0.4, 0.5) is 0 Å². The molecule has 0 N–H and O–H groups in total. The van der Waals surface area contributed by atoms with Crippen LogP contribution in [0.3, 0.4) is 0 Å². The first-order chi connectivity index (χ1) is 2.50. The maximum atomic E-state index is 2.90. The Kier molecular flexibility index (Phi) is 1.13. The molecule has 1 aliphatic rings. The molecule has 0 aromatic carbocycles. The van der Waals surface area contributed by atoms with Crippen molar-refractivity contribution in [1.82, 2.24) is 0 Å². The van der Waals surface area contributed by atoms with E-state index < -0.39 is 0 Å². The normalized spacial score (nSPS) is 17.6.